The minimum absolute atomic E-state index is 0.189. The van der Waals surface area contributed by atoms with Crippen molar-refractivity contribution in [3.05, 3.63) is 41.0 Å². The number of aromatic hydroxyl groups is 1. The Morgan fingerprint density at radius 3 is 2.78 bits per heavy atom. The fourth-order valence-corrected chi connectivity index (χ4v) is 3.79. The van der Waals surface area contributed by atoms with Gasteiger partial charge in [0.2, 0.25) is 6.79 Å². The molecule has 118 valence electrons. The Morgan fingerprint density at radius 2 is 1.91 bits per heavy atom. The van der Waals surface area contributed by atoms with Crippen molar-refractivity contribution in [2.45, 2.75) is 18.9 Å². The van der Waals surface area contributed by atoms with Gasteiger partial charge in [0.05, 0.1) is 0 Å². The number of fused-ring (bicyclic) bond motifs is 2. The summed E-state index contributed by atoms with van der Waals surface area (Å²) in [6.07, 6.45) is 1.80. The molecule has 2 aromatic carbocycles. The third-order valence-corrected chi connectivity index (χ3v) is 5.05. The second kappa shape index (κ2) is 4.55. The second-order valence-corrected chi connectivity index (χ2v) is 6.35. The first kappa shape index (κ1) is 13.1. The largest absolute Gasteiger partial charge is 0.504 e. The maximum absolute atomic E-state index is 10.3. The van der Waals surface area contributed by atoms with Crippen molar-refractivity contribution in [3.63, 3.8) is 0 Å². The van der Waals surface area contributed by atoms with Gasteiger partial charge in [0.15, 0.2) is 23.0 Å². The average Bonchev–Trinajstić information content (AvgIpc) is 2.92. The molecule has 0 fully saturated rings. The van der Waals surface area contributed by atoms with Crippen LogP contribution in [0.4, 0.5) is 0 Å². The van der Waals surface area contributed by atoms with Crippen LogP contribution in [0.5, 0.6) is 28.7 Å². The first-order valence-corrected chi connectivity index (χ1v) is 7.86. The van der Waals surface area contributed by atoms with Gasteiger partial charge in [0.25, 0.3) is 0 Å². The van der Waals surface area contributed by atoms with Gasteiger partial charge in [-0.3, -0.25) is 4.90 Å². The monoisotopic (exact) mass is 311 g/mol. The van der Waals surface area contributed by atoms with E-state index in [1.54, 1.807) is 6.07 Å². The molecule has 23 heavy (non-hydrogen) atoms. The zero-order chi connectivity index (χ0) is 15.6. The number of rotatable bonds is 0. The summed E-state index contributed by atoms with van der Waals surface area (Å²) in [5.74, 6) is 2.97. The highest BCUT2D eigenvalue weighted by Gasteiger charge is 2.34. The van der Waals surface area contributed by atoms with E-state index in [1.165, 1.54) is 5.56 Å². The molecule has 5 rings (SSSR count). The summed E-state index contributed by atoms with van der Waals surface area (Å²) in [6.45, 7) is 1.25. The van der Waals surface area contributed by atoms with Gasteiger partial charge in [0, 0.05) is 29.8 Å². The van der Waals surface area contributed by atoms with Crippen LogP contribution in [0, 0.1) is 0 Å². The van der Waals surface area contributed by atoms with Crippen molar-refractivity contribution in [2.24, 2.45) is 0 Å². The van der Waals surface area contributed by atoms with E-state index < -0.39 is 0 Å². The standard InChI is InChI=1S/C18H17NO4/c1-19-5-4-10-2-3-13(20)18-17(10)12(19)6-11-7-15-16(22-9-21-15)8-14(11)23-18/h2-3,7-8,12,20H,4-6,9H2,1H3/t12-/m0/s1. The summed E-state index contributed by atoms with van der Waals surface area (Å²) in [6, 6.07) is 7.81. The van der Waals surface area contributed by atoms with Crippen molar-refractivity contribution in [3.8, 4) is 28.7 Å². The van der Waals surface area contributed by atoms with Gasteiger partial charge in [-0.1, -0.05) is 6.07 Å². The highest BCUT2D eigenvalue weighted by Crippen LogP contribution is 2.50. The van der Waals surface area contributed by atoms with Crippen LogP contribution in [0.2, 0.25) is 0 Å². The fraction of sp³-hybridized carbons (Fsp3) is 0.333. The number of phenolic OH excluding ortho intramolecular Hbond substituents is 1. The Hall–Kier alpha value is -2.40. The van der Waals surface area contributed by atoms with Gasteiger partial charge in [0.1, 0.15) is 5.75 Å². The number of nitrogens with zero attached hydrogens (tertiary/aromatic N) is 1. The van der Waals surface area contributed by atoms with E-state index in [9.17, 15) is 5.11 Å². The summed E-state index contributed by atoms with van der Waals surface area (Å²) in [7, 11) is 2.12. The molecule has 0 amide bonds. The minimum atomic E-state index is 0.189. The zero-order valence-electron chi connectivity index (χ0n) is 12.8. The number of hydrogen-bond donors (Lipinski definition) is 1. The van der Waals surface area contributed by atoms with Crippen LogP contribution in [0.1, 0.15) is 22.7 Å². The Balaban J connectivity index is 1.73. The molecule has 5 nitrogen and oxygen atoms in total. The van der Waals surface area contributed by atoms with Crippen LogP contribution in [0.25, 0.3) is 0 Å². The van der Waals surface area contributed by atoms with Crippen LogP contribution >= 0.6 is 0 Å². The molecule has 0 saturated heterocycles. The van der Waals surface area contributed by atoms with Crippen molar-refractivity contribution in [2.75, 3.05) is 20.4 Å². The molecule has 3 aliphatic rings. The molecule has 0 aliphatic carbocycles. The summed E-state index contributed by atoms with van der Waals surface area (Å²) in [5, 5.41) is 10.3. The van der Waals surface area contributed by atoms with Crippen LogP contribution < -0.4 is 14.2 Å². The first-order valence-electron chi connectivity index (χ1n) is 7.86. The van der Waals surface area contributed by atoms with Gasteiger partial charge in [-0.2, -0.15) is 0 Å². The van der Waals surface area contributed by atoms with Gasteiger partial charge in [-0.05, 0) is 37.6 Å². The molecule has 0 unspecified atom stereocenters. The molecule has 0 bridgehead atoms. The minimum Gasteiger partial charge on any atom is -0.504 e. The first-order chi connectivity index (χ1) is 11.2. The Morgan fingerprint density at radius 1 is 1.09 bits per heavy atom. The topological polar surface area (TPSA) is 51.2 Å². The van der Waals surface area contributed by atoms with Crippen molar-refractivity contribution >= 4 is 0 Å². The molecule has 0 aromatic heterocycles. The molecule has 3 aliphatic heterocycles. The van der Waals surface area contributed by atoms with Crippen LogP contribution in [0.3, 0.4) is 0 Å². The lowest BCUT2D eigenvalue weighted by Gasteiger charge is -2.34. The number of ether oxygens (including phenoxy) is 3. The number of phenols is 1. The third kappa shape index (κ3) is 1.83. The summed E-state index contributed by atoms with van der Waals surface area (Å²) >= 11 is 0. The molecule has 1 atom stereocenters. The molecule has 0 saturated carbocycles. The third-order valence-electron chi connectivity index (χ3n) is 5.05. The second-order valence-electron chi connectivity index (χ2n) is 6.35. The van der Waals surface area contributed by atoms with E-state index in [2.05, 4.69) is 11.9 Å². The maximum atomic E-state index is 10.3. The molecule has 0 radical (unpaired) electrons. The molecule has 3 heterocycles. The highest BCUT2D eigenvalue weighted by atomic mass is 16.7. The van der Waals surface area contributed by atoms with E-state index in [0.29, 0.717) is 11.5 Å². The van der Waals surface area contributed by atoms with E-state index in [1.807, 2.05) is 18.2 Å². The predicted molar refractivity (Wildman–Crippen MR) is 83.5 cm³/mol. The van der Waals surface area contributed by atoms with Crippen LogP contribution in [0.15, 0.2) is 24.3 Å². The van der Waals surface area contributed by atoms with Gasteiger partial charge < -0.3 is 19.3 Å². The maximum Gasteiger partial charge on any atom is 0.231 e. The lowest BCUT2D eigenvalue weighted by molar-refractivity contribution is 0.173. The lowest BCUT2D eigenvalue weighted by atomic mass is 9.88. The molecular weight excluding hydrogens is 294 g/mol. The lowest BCUT2D eigenvalue weighted by Crippen LogP contribution is -2.33. The van der Waals surface area contributed by atoms with Crippen molar-refractivity contribution in [1.82, 2.24) is 4.90 Å². The van der Waals surface area contributed by atoms with Crippen LogP contribution in [-0.4, -0.2) is 30.4 Å². The Labute approximate surface area is 134 Å². The summed E-state index contributed by atoms with van der Waals surface area (Å²) in [4.78, 5) is 2.33. The average molecular weight is 311 g/mol. The molecule has 5 heteroatoms. The van der Waals surface area contributed by atoms with E-state index in [-0.39, 0.29) is 18.6 Å². The van der Waals surface area contributed by atoms with E-state index in [0.717, 1.165) is 42.0 Å². The molecular formula is C18H17NO4. The van der Waals surface area contributed by atoms with Gasteiger partial charge >= 0.3 is 0 Å². The summed E-state index contributed by atoms with van der Waals surface area (Å²) < 4.78 is 17.1. The van der Waals surface area contributed by atoms with Gasteiger partial charge in [-0.15, -0.1) is 0 Å². The van der Waals surface area contributed by atoms with Crippen LogP contribution in [-0.2, 0) is 12.8 Å². The smallest absolute Gasteiger partial charge is 0.231 e. The summed E-state index contributed by atoms with van der Waals surface area (Å²) in [5.41, 5.74) is 3.44. The van der Waals surface area contributed by atoms with Crippen molar-refractivity contribution in [1.29, 1.82) is 0 Å². The van der Waals surface area contributed by atoms with Crippen molar-refractivity contribution < 1.29 is 19.3 Å². The van der Waals surface area contributed by atoms with E-state index >= 15 is 0 Å². The quantitative estimate of drug-likeness (QED) is 0.810. The van der Waals surface area contributed by atoms with E-state index in [4.69, 9.17) is 14.2 Å². The number of benzene rings is 2. The Kier molecular flexibility index (Phi) is 2.59. The fourth-order valence-electron chi connectivity index (χ4n) is 3.79. The zero-order valence-corrected chi connectivity index (χ0v) is 12.8. The normalized spacial score (nSPS) is 21.2. The van der Waals surface area contributed by atoms with Gasteiger partial charge in [-0.25, -0.2) is 0 Å². The highest BCUT2D eigenvalue weighted by molar-refractivity contribution is 5.60. The molecule has 2 aromatic rings. The predicted octanol–water partition coefficient (Wildman–Crippen LogP) is 3.00. The molecule has 0 spiro atoms. The molecule has 1 N–H and O–H groups in total. The SMILES string of the molecule is CN1CCc2ccc(O)c3c2[C@@H]1Cc1cc2c(cc1O3)OCO2. The number of hydrogen-bond acceptors (Lipinski definition) is 5. The Bertz CT molecular complexity index is 817. The number of likely N-dealkylation sites (N-methyl/N-ethyl adjacent to an activating group) is 1.